The standard InChI is InChI=1S/C50H72N8O8/c1-31(51-5)45(59)55-43(49(63)57-27-15-25-41(57)47(61)53-39-23-13-19-35-17-7-9-21-37(35)39)33(3)65-29-11-12-30-66-34(4)44(56-46(60)32(2)52-6)50(64)58-28-16-26-42(58)48(62)54-40-24-14-20-36-18-8-10-22-38(36)40/h7-12,17-18,21-22,31-34,39-44,51-52H,13-16,19-20,23-30H2,1-6H3,(H,53,61)(H,54,62)(H,55,59)(H,56,60)/b12-11+/t31-,32-,33+,34+,39+,40+,41-,42-,43-,44-/m0/s1. The van der Waals surface area contributed by atoms with E-state index in [1.807, 2.05) is 24.3 Å². The van der Waals surface area contributed by atoms with E-state index in [0.717, 1.165) is 49.7 Å². The van der Waals surface area contributed by atoms with Gasteiger partial charge in [0.05, 0.1) is 49.6 Å². The molecule has 66 heavy (non-hydrogen) atoms. The van der Waals surface area contributed by atoms with E-state index in [4.69, 9.17) is 9.47 Å². The van der Waals surface area contributed by atoms with Crippen molar-refractivity contribution in [1.82, 2.24) is 41.7 Å². The van der Waals surface area contributed by atoms with Crippen molar-refractivity contribution in [2.45, 2.75) is 152 Å². The fourth-order valence-electron chi connectivity index (χ4n) is 9.63. The van der Waals surface area contributed by atoms with Crippen LogP contribution in [0.25, 0.3) is 0 Å². The average molecular weight is 913 g/mol. The summed E-state index contributed by atoms with van der Waals surface area (Å²) >= 11 is 0. The van der Waals surface area contributed by atoms with Crippen molar-refractivity contribution in [3.8, 4) is 0 Å². The average Bonchev–Trinajstić information content (AvgIpc) is 4.04. The second-order valence-electron chi connectivity index (χ2n) is 18.2. The Hall–Kier alpha value is -5.16. The van der Waals surface area contributed by atoms with E-state index in [9.17, 15) is 28.8 Å². The molecule has 0 bridgehead atoms. The van der Waals surface area contributed by atoms with Crippen molar-refractivity contribution in [2.75, 3.05) is 40.4 Å². The summed E-state index contributed by atoms with van der Waals surface area (Å²) in [5, 5.41) is 18.0. The first-order chi connectivity index (χ1) is 31.8. The number of carbonyl (C=O) groups excluding carboxylic acids is 6. The molecule has 0 aromatic heterocycles. The number of likely N-dealkylation sites (tertiary alicyclic amines) is 2. The van der Waals surface area contributed by atoms with Gasteiger partial charge in [-0.25, -0.2) is 0 Å². The predicted octanol–water partition coefficient (Wildman–Crippen LogP) is 2.91. The van der Waals surface area contributed by atoms with Crippen LogP contribution in [0.3, 0.4) is 0 Å². The molecule has 4 aliphatic rings. The van der Waals surface area contributed by atoms with Crippen LogP contribution in [-0.4, -0.2) is 134 Å². The molecule has 2 aliphatic carbocycles. The lowest BCUT2D eigenvalue weighted by Gasteiger charge is -2.33. The van der Waals surface area contributed by atoms with Gasteiger partial charge < -0.3 is 51.2 Å². The Kier molecular flexibility index (Phi) is 18.3. The minimum atomic E-state index is -1.06. The van der Waals surface area contributed by atoms with E-state index in [1.165, 1.54) is 11.1 Å². The number of likely N-dealkylation sites (N-methyl/N-ethyl adjacent to an activating group) is 2. The largest absolute Gasteiger partial charge is 0.372 e. The van der Waals surface area contributed by atoms with E-state index < -0.39 is 48.5 Å². The molecule has 2 fully saturated rings. The molecule has 2 aliphatic heterocycles. The summed E-state index contributed by atoms with van der Waals surface area (Å²) in [5.41, 5.74) is 4.69. The maximum Gasteiger partial charge on any atom is 0.248 e. The molecular formula is C50H72N8O8. The molecule has 10 atom stereocenters. The van der Waals surface area contributed by atoms with Crippen LogP contribution in [0.2, 0.25) is 0 Å². The number of nitrogens with zero attached hydrogens (tertiary/aromatic N) is 2. The van der Waals surface area contributed by atoms with Crippen molar-refractivity contribution >= 4 is 35.4 Å². The summed E-state index contributed by atoms with van der Waals surface area (Å²) < 4.78 is 12.3. The number of hydrogen-bond acceptors (Lipinski definition) is 10. The zero-order valence-electron chi connectivity index (χ0n) is 39.6. The molecule has 16 heteroatoms. The van der Waals surface area contributed by atoms with Crippen LogP contribution in [0.5, 0.6) is 0 Å². The molecular weight excluding hydrogens is 841 g/mol. The lowest BCUT2D eigenvalue weighted by Crippen LogP contribution is -2.59. The Labute approximate surface area is 390 Å². The first-order valence-corrected chi connectivity index (χ1v) is 24.0. The summed E-state index contributed by atoms with van der Waals surface area (Å²) in [4.78, 5) is 85.7. The van der Waals surface area contributed by atoms with Gasteiger partial charge in [0.25, 0.3) is 0 Å². The lowest BCUT2D eigenvalue weighted by molar-refractivity contribution is -0.145. The summed E-state index contributed by atoms with van der Waals surface area (Å²) in [6.07, 6.45) is 9.78. The second-order valence-corrected chi connectivity index (χ2v) is 18.2. The van der Waals surface area contributed by atoms with E-state index in [-0.39, 0.29) is 60.7 Å². The van der Waals surface area contributed by atoms with Gasteiger partial charge in [-0.2, -0.15) is 0 Å². The zero-order valence-corrected chi connectivity index (χ0v) is 39.6. The summed E-state index contributed by atoms with van der Waals surface area (Å²) in [6.45, 7) is 7.73. The van der Waals surface area contributed by atoms with Gasteiger partial charge in [-0.3, -0.25) is 28.8 Å². The highest BCUT2D eigenvalue weighted by Crippen LogP contribution is 2.32. The quantitative estimate of drug-likeness (QED) is 0.108. The molecule has 6 N–H and O–H groups in total. The fourth-order valence-corrected chi connectivity index (χ4v) is 9.63. The van der Waals surface area contributed by atoms with E-state index in [2.05, 4.69) is 56.2 Å². The number of amides is 6. The van der Waals surface area contributed by atoms with Crippen molar-refractivity contribution in [3.05, 3.63) is 82.9 Å². The fraction of sp³-hybridized carbons (Fsp3) is 0.600. The van der Waals surface area contributed by atoms with Crippen molar-refractivity contribution in [1.29, 1.82) is 0 Å². The molecule has 0 unspecified atom stereocenters. The van der Waals surface area contributed by atoms with Crippen LogP contribution >= 0.6 is 0 Å². The minimum Gasteiger partial charge on any atom is -0.372 e. The van der Waals surface area contributed by atoms with Crippen molar-refractivity contribution in [3.63, 3.8) is 0 Å². The van der Waals surface area contributed by atoms with Gasteiger partial charge in [0.15, 0.2) is 0 Å². The molecule has 6 rings (SSSR count). The maximum absolute atomic E-state index is 14.3. The number of nitrogens with one attached hydrogen (secondary N) is 6. The highest BCUT2D eigenvalue weighted by atomic mass is 16.5. The van der Waals surface area contributed by atoms with Crippen LogP contribution in [-0.2, 0) is 51.1 Å². The third-order valence-corrected chi connectivity index (χ3v) is 13.8. The van der Waals surface area contributed by atoms with Crippen LogP contribution in [0.4, 0.5) is 0 Å². The van der Waals surface area contributed by atoms with E-state index in [0.29, 0.717) is 38.8 Å². The normalized spacial score (nSPS) is 23.1. The van der Waals surface area contributed by atoms with Crippen LogP contribution < -0.4 is 31.9 Å². The Morgan fingerprint density at radius 3 is 1.38 bits per heavy atom. The smallest absolute Gasteiger partial charge is 0.248 e. The molecule has 0 radical (unpaired) electrons. The third-order valence-electron chi connectivity index (χ3n) is 13.8. The molecule has 0 spiro atoms. The Bertz CT molecular complexity index is 1910. The lowest BCUT2D eigenvalue weighted by atomic mass is 9.87. The third kappa shape index (κ3) is 12.4. The van der Waals surface area contributed by atoms with Gasteiger partial charge in [0.1, 0.15) is 24.2 Å². The molecule has 2 aromatic carbocycles. The van der Waals surface area contributed by atoms with Gasteiger partial charge in [0.2, 0.25) is 35.4 Å². The van der Waals surface area contributed by atoms with Gasteiger partial charge in [-0.05, 0) is 128 Å². The SMILES string of the molecule is CN[C@@H](C)C(=O)N[C@H](C(=O)N1CCC[C@H]1C(=O)N[C@@H]1CCCc2ccccc21)[C@@H](C)OC/C=C/CO[C@H](C)[C@H](NC(=O)[C@H](C)NC)C(=O)N1CCC[C@H]1C(=O)N[C@@H]1CCCc2ccccc21. The summed E-state index contributed by atoms with van der Waals surface area (Å²) in [5.74, 6) is -1.92. The van der Waals surface area contributed by atoms with E-state index in [1.54, 1.807) is 63.7 Å². The number of carbonyl (C=O) groups is 6. The molecule has 6 amide bonds. The number of hydrogen-bond donors (Lipinski definition) is 6. The van der Waals surface area contributed by atoms with E-state index >= 15 is 0 Å². The molecule has 2 heterocycles. The summed E-state index contributed by atoms with van der Waals surface area (Å²) in [7, 11) is 3.32. The Morgan fingerprint density at radius 1 is 0.591 bits per heavy atom. The monoisotopic (exact) mass is 913 g/mol. The Balaban J connectivity index is 1.05. The molecule has 16 nitrogen and oxygen atoms in total. The van der Waals surface area contributed by atoms with Gasteiger partial charge >= 0.3 is 0 Å². The van der Waals surface area contributed by atoms with Crippen LogP contribution in [0, 0.1) is 0 Å². The number of rotatable bonds is 20. The summed E-state index contributed by atoms with van der Waals surface area (Å²) in [6, 6.07) is 11.4. The Morgan fingerprint density at radius 2 is 0.985 bits per heavy atom. The first-order valence-electron chi connectivity index (χ1n) is 24.0. The molecule has 2 saturated heterocycles. The number of fused-ring (bicyclic) bond motifs is 2. The zero-order chi connectivity index (χ0) is 47.3. The van der Waals surface area contributed by atoms with Crippen molar-refractivity contribution in [2.24, 2.45) is 0 Å². The van der Waals surface area contributed by atoms with Crippen molar-refractivity contribution < 1.29 is 38.2 Å². The van der Waals surface area contributed by atoms with Gasteiger partial charge in [-0.1, -0.05) is 60.7 Å². The molecule has 2 aromatic rings. The number of benzene rings is 2. The molecule has 0 saturated carbocycles. The first kappa shape index (κ1) is 50.3. The van der Waals surface area contributed by atoms with Crippen LogP contribution in [0.1, 0.15) is 113 Å². The highest BCUT2D eigenvalue weighted by molar-refractivity contribution is 5.95. The topological polar surface area (TPSA) is 200 Å². The number of aryl methyl sites for hydroxylation is 2. The maximum atomic E-state index is 14.3. The highest BCUT2D eigenvalue weighted by Gasteiger charge is 2.43. The van der Waals surface area contributed by atoms with Gasteiger partial charge in [0, 0.05) is 13.1 Å². The predicted molar refractivity (Wildman–Crippen MR) is 251 cm³/mol. The van der Waals surface area contributed by atoms with Gasteiger partial charge in [-0.15, -0.1) is 0 Å². The minimum absolute atomic E-state index is 0.0694. The molecule has 360 valence electrons. The van der Waals surface area contributed by atoms with Crippen LogP contribution in [0.15, 0.2) is 60.7 Å². The number of ether oxygens (including phenoxy) is 2. The second kappa shape index (κ2) is 24.0.